The number of carbonyl (C=O) groups excluding carboxylic acids is 1. The minimum atomic E-state index is -4.63. The van der Waals surface area contributed by atoms with Crippen LogP contribution in [0.2, 0.25) is 5.02 Å². The molecule has 0 heterocycles. The molecule has 0 bridgehead atoms. The number of rotatable bonds is 4. The Bertz CT molecular complexity index is 531. The van der Waals surface area contributed by atoms with E-state index in [1.54, 1.807) is 0 Å². The van der Waals surface area contributed by atoms with Crippen molar-refractivity contribution in [3.05, 3.63) is 28.3 Å². The van der Waals surface area contributed by atoms with Gasteiger partial charge in [0.25, 0.3) is 0 Å². The average molecular weight is 343 g/mol. The van der Waals surface area contributed by atoms with Gasteiger partial charge in [-0.2, -0.15) is 13.2 Å². The standard InChI is InChI=1S/C13H14ClF3N2O.ClH/c14-10-5-7(4-9(12(10)18)13(15,16)17)11(20)6-19-8-2-1-3-8;/h4-5,8,19H,1-3,6,18H2;1H. The summed E-state index contributed by atoms with van der Waals surface area (Å²) in [7, 11) is 0. The molecule has 3 nitrogen and oxygen atoms in total. The molecule has 21 heavy (non-hydrogen) atoms. The van der Waals surface area contributed by atoms with Gasteiger partial charge in [0.05, 0.1) is 22.8 Å². The van der Waals surface area contributed by atoms with E-state index in [1.165, 1.54) is 6.07 Å². The maximum Gasteiger partial charge on any atom is 0.418 e. The summed E-state index contributed by atoms with van der Waals surface area (Å²) in [4.78, 5) is 11.9. The SMILES string of the molecule is Cl.Nc1c(Cl)cc(C(=O)CNC2CCC2)cc1C(F)(F)F. The number of benzene rings is 1. The molecule has 1 aliphatic rings. The van der Waals surface area contributed by atoms with Crippen LogP contribution in [0.25, 0.3) is 0 Å². The summed E-state index contributed by atoms with van der Waals surface area (Å²) < 4.78 is 38.4. The predicted octanol–water partition coefficient (Wildman–Crippen LogP) is 3.69. The van der Waals surface area contributed by atoms with Gasteiger partial charge < -0.3 is 11.1 Å². The molecule has 118 valence electrons. The molecule has 1 aliphatic carbocycles. The van der Waals surface area contributed by atoms with Gasteiger partial charge in [-0.3, -0.25) is 4.79 Å². The first kappa shape index (κ1) is 18.1. The molecule has 1 fully saturated rings. The summed E-state index contributed by atoms with van der Waals surface area (Å²) in [5.41, 5.74) is 3.61. The van der Waals surface area contributed by atoms with Crippen molar-refractivity contribution in [1.29, 1.82) is 0 Å². The highest BCUT2D eigenvalue weighted by atomic mass is 35.5. The van der Waals surface area contributed by atoms with Crippen LogP contribution >= 0.6 is 24.0 Å². The van der Waals surface area contributed by atoms with Crippen molar-refractivity contribution < 1.29 is 18.0 Å². The third kappa shape index (κ3) is 4.25. The Labute approximate surface area is 131 Å². The van der Waals surface area contributed by atoms with Gasteiger partial charge in [0.15, 0.2) is 5.78 Å². The normalized spacial score (nSPS) is 15.2. The molecule has 0 amide bonds. The van der Waals surface area contributed by atoms with E-state index in [4.69, 9.17) is 17.3 Å². The lowest BCUT2D eigenvalue weighted by molar-refractivity contribution is -0.136. The van der Waals surface area contributed by atoms with Gasteiger partial charge in [0, 0.05) is 11.6 Å². The van der Waals surface area contributed by atoms with E-state index < -0.39 is 23.2 Å². The minimum Gasteiger partial charge on any atom is -0.397 e. The third-order valence-electron chi connectivity index (χ3n) is 3.41. The molecule has 1 saturated carbocycles. The quantitative estimate of drug-likeness (QED) is 0.648. The van der Waals surface area contributed by atoms with E-state index in [-0.39, 0.29) is 35.6 Å². The minimum absolute atomic E-state index is 0. The van der Waals surface area contributed by atoms with Crippen molar-refractivity contribution in [1.82, 2.24) is 5.32 Å². The molecule has 2 rings (SSSR count). The summed E-state index contributed by atoms with van der Waals surface area (Å²) in [5.74, 6) is -0.427. The van der Waals surface area contributed by atoms with Crippen LogP contribution in [0.3, 0.4) is 0 Å². The van der Waals surface area contributed by atoms with Crippen molar-refractivity contribution in [3.8, 4) is 0 Å². The fourth-order valence-electron chi connectivity index (χ4n) is 1.96. The van der Waals surface area contributed by atoms with E-state index in [1.807, 2.05) is 0 Å². The number of anilines is 1. The lowest BCUT2D eigenvalue weighted by Crippen LogP contribution is -2.38. The Morgan fingerprint density at radius 3 is 2.48 bits per heavy atom. The van der Waals surface area contributed by atoms with Gasteiger partial charge >= 0.3 is 6.18 Å². The fraction of sp³-hybridized carbons (Fsp3) is 0.462. The zero-order valence-corrected chi connectivity index (χ0v) is 12.5. The van der Waals surface area contributed by atoms with Gasteiger partial charge in [-0.1, -0.05) is 18.0 Å². The topological polar surface area (TPSA) is 55.1 Å². The molecule has 0 aromatic heterocycles. The van der Waals surface area contributed by atoms with E-state index in [0.29, 0.717) is 0 Å². The van der Waals surface area contributed by atoms with Gasteiger partial charge in [0.2, 0.25) is 0 Å². The molecule has 3 N–H and O–H groups in total. The number of Topliss-reactive ketones (excluding diaryl/α,β-unsaturated/α-hetero) is 1. The highest BCUT2D eigenvalue weighted by molar-refractivity contribution is 6.33. The van der Waals surface area contributed by atoms with Gasteiger partial charge in [0.1, 0.15) is 0 Å². The van der Waals surface area contributed by atoms with Crippen LogP contribution in [0.4, 0.5) is 18.9 Å². The predicted molar refractivity (Wildman–Crippen MR) is 78.1 cm³/mol. The third-order valence-corrected chi connectivity index (χ3v) is 3.73. The van der Waals surface area contributed by atoms with Crippen molar-refractivity contribution >= 4 is 35.5 Å². The molecule has 1 aromatic rings. The van der Waals surface area contributed by atoms with Crippen molar-refractivity contribution in [2.75, 3.05) is 12.3 Å². The van der Waals surface area contributed by atoms with Gasteiger partial charge in [-0.25, -0.2) is 0 Å². The highest BCUT2D eigenvalue weighted by Gasteiger charge is 2.34. The molecule has 0 atom stereocenters. The summed E-state index contributed by atoms with van der Waals surface area (Å²) in [5, 5.41) is 2.75. The smallest absolute Gasteiger partial charge is 0.397 e. The molecular weight excluding hydrogens is 328 g/mol. The lowest BCUT2D eigenvalue weighted by Gasteiger charge is -2.26. The van der Waals surface area contributed by atoms with E-state index >= 15 is 0 Å². The maximum atomic E-state index is 12.8. The van der Waals surface area contributed by atoms with Crippen LogP contribution in [0.1, 0.15) is 35.2 Å². The number of nitrogens with one attached hydrogen (secondary N) is 1. The zero-order chi connectivity index (χ0) is 14.9. The Morgan fingerprint density at radius 1 is 1.38 bits per heavy atom. The van der Waals surface area contributed by atoms with E-state index in [9.17, 15) is 18.0 Å². The molecule has 8 heteroatoms. The number of nitrogens with two attached hydrogens (primary N) is 1. The second kappa shape index (κ2) is 6.85. The first-order valence-electron chi connectivity index (χ1n) is 6.22. The summed E-state index contributed by atoms with van der Waals surface area (Å²) >= 11 is 5.67. The Kier molecular flexibility index (Phi) is 5.90. The maximum absolute atomic E-state index is 12.8. The molecule has 0 spiro atoms. The monoisotopic (exact) mass is 342 g/mol. The number of carbonyl (C=O) groups is 1. The molecular formula is C13H15Cl2F3N2O. The summed E-state index contributed by atoms with van der Waals surface area (Å²) in [6.45, 7) is 0.00219. The van der Waals surface area contributed by atoms with E-state index in [2.05, 4.69) is 5.32 Å². The highest BCUT2D eigenvalue weighted by Crippen LogP contribution is 2.37. The number of alkyl halides is 3. The number of nitrogen functional groups attached to an aromatic ring is 1. The van der Waals surface area contributed by atoms with Crippen LogP contribution in [0.15, 0.2) is 12.1 Å². The number of halogens is 5. The average Bonchev–Trinajstić information content (AvgIpc) is 2.28. The van der Waals surface area contributed by atoms with Crippen molar-refractivity contribution in [2.24, 2.45) is 0 Å². The van der Waals surface area contributed by atoms with Gasteiger partial charge in [-0.15, -0.1) is 12.4 Å². The van der Waals surface area contributed by atoms with Crippen LogP contribution in [0, 0.1) is 0 Å². The van der Waals surface area contributed by atoms with Crippen LogP contribution in [0.5, 0.6) is 0 Å². The van der Waals surface area contributed by atoms with Crippen LogP contribution in [-0.2, 0) is 6.18 Å². The molecule has 0 saturated heterocycles. The molecule has 0 unspecified atom stereocenters. The molecule has 0 aliphatic heterocycles. The van der Waals surface area contributed by atoms with Crippen LogP contribution < -0.4 is 11.1 Å². The van der Waals surface area contributed by atoms with Crippen molar-refractivity contribution in [3.63, 3.8) is 0 Å². The second-order valence-corrected chi connectivity index (χ2v) is 5.26. The Balaban J connectivity index is 0.00000220. The van der Waals surface area contributed by atoms with Gasteiger partial charge in [-0.05, 0) is 25.0 Å². The Hall–Kier alpha value is -0.980. The first-order valence-corrected chi connectivity index (χ1v) is 6.59. The first-order chi connectivity index (χ1) is 9.29. The molecule has 0 radical (unpaired) electrons. The lowest BCUT2D eigenvalue weighted by atomic mass is 9.93. The largest absolute Gasteiger partial charge is 0.418 e. The van der Waals surface area contributed by atoms with Crippen molar-refractivity contribution in [2.45, 2.75) is 31.5 Å². The number of hydrogen-bond acceptors (Lipinski definition) is 3. The molecule has 1 aromatic carbocycles. The zero-order valence-electron chi connectivity index (χ0n) is 11.0. The summed E-state index contributed by atoms with van der Waals surface area (Å²) in [6.07, 6.45) is -1.55. The fourth-order valence-corrected chi connectivity index (χ4v) is 2.18. The Morgan fingerprint density at radius 2 is 2.00 bits per heavy atom. The second-order valence-electron chi connectivity index (χ2n) is 4.85. The van der Waals surface area contributed by atoms with Crippen LogP contribution in [-0.4, -0.2) is 18.4 Å². The number of ketones is 1. The number of hydrogen-bond donors (Lipinski definition) is 2. The summed E-state index contributed by atoms with van der Waals surface area (Å²) in [6, 6.07) is 2.22. The van der Waals surface area contributed by atoms with E-state index in [0.717, 1.165) is 25.3 Å².